The van der Waals surface area contributed by atoms with Crippen molar-refractivity contribution in [3.63, 3.8) is 0 Å². The van der Waals surface area contributed by atoms with E-state index in [1.165, 1.54) is 0 Å². The number of fused-ring (bicyclic) bond motifs is 1. The zero-order valence-electron chi connectivity index (χ0n) is 16.1. The van der Waals surface area contributed by atoms with Crippen molar-refractivity contribution >= 4 is 28.5 Å². The fourth-order valence-corrected chi connectivity index (χ4v) is 3.54. The van der Waals surface area contributed by atoms with Crippen LogP contribution in [0, 0.1) is 0 Å². The Morgan fingerprint density at radius 1 is 0.931 bits per heavy atom. The van der Waals surface area contributed by atoms with Crippen LogP contribution in [0.1, 0.15) is 24.3 Å². The van der Waals surface area contributed by atoms with Gasteiger partial charge in [0.1, 0.15) is 11.4 Å². The van der Waals surface area contributed by atoms with Crippen LogP contribution in [0.15, 0.2) is 72.8 Å². The van der Waals surface area contributed by atoms with Crippen molar-refractivity contribution in [2.45, 2.75) is 20.0 Å². The van der Waals surface area contributed by atoms with Crippen LogP contribution in [-0.2, 0) is 0 Å². The highest BCUT2D eigenvalue weighted by Gasteiger charge is 2.17. The number of aromatic nitrogens is 1. The second-order valence-corrected chi connectivity index (χ2v) is 7.55. The first-order chi connectivity index (χ1) is 13.9. The number of rotatable bonds is 5. The lowest BCUT2D eigenvalue weighted by molar-refractivity contribution is 0.0688. The number of nitrogens with zero attached hydrogens (tertiary/aromatic N) is 1. The molecule has 1 heterocycles. The number of carboxylic acid groups (broad SMARTS) is 1. The molecule has 0 bridgehead atoms. The normalized spacial score (nSPS) is 11.2. The van der Waals surface area contributed by atoms with Crippen LogP contribution in [0.5, 0.6) is 5.75 Å². The van der Waals surface area contributed by atoms with Crippen LogP contribution >= 0.6 is 11.6 Å². The minimum absolute atomic E-state index is 0.0779. The van der Waals surface area contributed by atoms with E-state index in [0.29, 0.717) is 5.02 Å². The van der Waals surface area contributed by atoms with Gasteiger partial charge in [-0.1, -0.05) is 29.8 Å². The number of carbonyl (C=O) groups is 1. The van der Waals surface area contributed by atoms with Gasteiger partial charge in [-0.15, -0.1) is 0 Å². The molecule has 5 heteroatoms. The minimum atomic E-state index is -0.975. The van der Waals surface area contributed by atoms with Crippen LogP contribution in [0.25, 0.3) is 27.7 Å². The quantitative estimate of drug-likeness (QED) is 0.416. The molecular formula is C24H20ClNO3. The molecule has 0 spiro atoms. The molecule has 29 heavy (non-hydrogen) atoms. The number of carboxylic acids is 1. The van der Waals surface area contributed by atoms with Crippen molar-refractivity contribution in [2.24, 2.45) is 0 Å². The van der Waals surface area contributed by atoms with E-state index in [-0.39, 0.29) is 11.8 Å². The third kappa shape index (κ3) is 3.84. The van der Waals surface area contributed by atoms with Gasteiger partial charge < -0.3 is 14.4 Å². The van der Waals surface area contributed by atoms with Crippen LogP contribution in [0.2, 0.25) is 5.02 Å². The molecule has 0 aliphatic heterocycles. The Labute approximate surface area is 173 Å². The molecule has 4 nitrogen and oxygen atoms in total. The molecule has 0 amide bonds. The Balaban J connectivity index is 1.81. The largest absolute Gasteiger partial charge is 0.491 e. The number of aromatic carboxylic acids is 1. The Hall–Kier alpha value is -3.24. The number of halogens is 1. The molecule has 0 aliphatic carbocycles. The number of hydrogen-bond acceptors (Lipinski definition) is 2. The Morgan fingerprint density at radius 3 is 2.21 bits per heavy atom. The molecule has 4 rings (SSSR count). The van der Waals surface area contributed by atoms with Crippen molar-refractivity contribution in [3.8, 4) is 22.6 Å². The smallest absolute Gasteiger partial charge is 0.352 e. The van der Waals surface area contributed by atoms with E-state index in [4.69, 9.17) is 16.3 Å². The van der Waals surface area contributed by atoms with E-state index < -0.39 is 5.97 Å². The minimum Gasteiger partial charge on any atom is -0.491 e. The first-order valence-corrected chi connectivity index (χ1v) is 9.72. The first-order valence-electron chi connectivity index (χ1n) is 9.34. The zero-order valence-corrected chi connectivity index (χ0v) is 16.9. The molecule has 1 aromatic heterocycles. The van der Waals surface area contributed by atoms with Gasteiger partial charge in [0.2, 0.25) is 0 Å². The lowest BCUT2D eigenvalue weighted by atomic mass is 10.0. The van der Waals surface area contributed by atoms with E-state index in [0.717, 1.165) is 33.5 Å². The van der Waals surface area contributed by atoms with E-state index in [2.05, 4.69) is 0 Å². The maximum atomic E-state index is 11.9. The van der Waals surface area contributed by atoms with Crippen molar-refractivity contribution in [3.05, 3.63) is 83.5 Å². The highest BCUT2D eigenvalue weighted by molar-refractivity contribution is 6.30. The molecule has 4 aromatic rings. The molecule has 0 radical (unpaired) electrons. The molecule has 0 fully saturated rings. The second-order valence-electron chi connectivity index (χ2n) is 7.11. The Morgan fingerprint density at radius 2 is 1.59 bits per heavy atom. The summed E-state index contributed by atoms with van der Waals surface area (Å²) in [5.74, 6) is -0.223. The molecule has 0 atom stereocenters. The average molecular weight is 406 g/mol. The van der Waals surface area contributed by atoms with Gasteiger partial charge in [0.05, 0.1) is 11.6 Å². The van der Waals surface area contributed by atoms with Crippen LogP contribution < -0.4 is 4.74 Å². The van der Waals surface area contributed by atoms with Gasteiger partial charge in [-0.2, -0.15) is 0 Å². The summed E-state index contributed by atoms with van der Waals surface area (Å²) in [5.41, 5.74) is 3.84. The van der Waals surface area contributed by atoms with Crippen LogP contribution in [0.4, 0.5) is 0 Å². The third-order valence-corrected chi connectivity index (χ3v) is 4.92. The van der Waals surface area contributed by atoms with Gasteiger partial charge in [0.25, 0.3) is 0 Å². The fraction of sp³-hybridized carbons (Fsp3) is 0.125. The lowest BCUT2D eigenvalue weighted by Crippen LogP contribution is -2.07. The summed E-state index contributed by atoms with van der Waals surface area (Å²) in [6, 6.07) is 22.7. The standard InChI is InChI=1S/C24H20ClNO3/c1-15(2)29-21-10-8-20(9-11-21)26-22-12-5-17(16-3-6-19(25)7-4-16)13-18(22)14-23(26)24(27)28/h3-15H,1-2H3,(H,27,28). The van der Waals surface area contributed by atoms with Crippen LogP contribution in [-0.4, -0.2) is 21.7 Å². The van der Waals surface area contributed by atoms with Crippen molar-refractivity contribution in [1.29, 1.82) is 0 Å². The van der Waals surface area contributed by atoms with Gasteiger partial charge in [-0.25, -0.2) is 4.79 Å². The van der Waals surface area contributed by atoms with Gasteiger partial charge in [0.15, 0.2) is 0 Å². The molecule has 0 saturated carbocycles. The lowest BCUT2D eigenvalue weighted by Gasteiger charge is -2.12. The third-order valence-electron chi connectivity index (χ3n) is 4.66. The summed E-state index contributed by atoms with van der Waals surface area (Å²) in [4.78, 5) is 11.9. The zero-order chi connectivity index (χ0) is 20.5. The fourth-order valence-electron chi connectivity index (χ4n) is 3.42. The van der Waals surface area contributed by atoms with Crippen molar-refractivity contribution in [2.75, 3.05) is 0 Å². The molecule has 1 N–H and O–H groups in total. The topological polar surface area (TPSA) is 51.5 Å². The number of benzene rings is 3. The first kappa shape index (κ1) is 19.1. The predicted octanol–water partition coefficient (Wildman–Crippen LogP) is 6.44. The summed E-state index contributed by atoms with van der Waals surface area (Å²) in [5, 5.41) is 11.3. The predicted molar refractivity (Wildman–Crippen MR) is 116 cm³/mol. The van der Waals surface area contributed by atoms with Gasteiger partial charge in [-0.05, 0) is 79.6 Å². The summed E-state index contributed by atoms with van der Waals surface area (Å²) < 4.78 is 7.44. The van der Waals surface area contributed by atoms with Gasteiger partial charge >= 0.3 is 5.97 Å². The monoisotopic (exact) mass is 405 g/mol. The number of hydrogen-bond donors (Lipinski definition) is 1. The summed E-state index contributed by atoms with van der Waals surface area (Å²) >= 11 is 5.98. The molecule has 0 unspecified atom stereocenters. The van der Waals surface area contributed by atoms with Crippen LogP contribution in [0.3, 0.4) is 0 Å². The van der Waals surface area contributed by atoms with Gasteiger partial charge in [-0.3, -0.25) is 0 Å². The Bertz CT molecular complexity index is 1180. The molecule has 3 aromatic carbocycles. The molecule has 0 saturated heterocycles. The second kappa shape index (κ2) is 7.64. The average Bonchev–Trinajstić information content (AvgIpc) is 3.08. The highest BCUT2D eigenvalue weighted by Crippen LogP contribution is 2.30. The molecule has 0 aliphatic rings. The number of ether oxygens (including phenoxy) is 1. The maximum Gasteiger partial charge on any atom is 0.352 e. The van der Waals surface area contributed by atoms with E-state index >= 15 is 0 Å². The Kier molecular flexibility index (Phi) is 5.03. The molecule has 146 valence electrons. The van der Waals surface area contributed by atoms with E-state index in [9.17, 15) is 9.90 Å². The highest BCUT2D eigenvalue weighted by atomic mass is 35.5. The van der Waals surface area contributed by atoms with E-state index in [1.54, 1.807) is 10.6 Å². The summed E-state index contributed by atoms with van der Waals surface area (Å²) in [6.07, 6.45) is 0.0779. The maximum absolute atomic E-state index is 11.9. The van der Waals surface area contributed by atoms with Gasteiger partial charge in [0, 0.05) is 16.1 Å². The SMILES string of the molecule is CC(C)Oc1ccc(-n2c(C(=O)O)cc3cc(-c4ccc(Cl)cc4)ccc32)cc1. The van der Waals surface area contributed by atoms with Crippen molar-refractivity contribution < 1.29 is 14.6 Å². The summed E-state index contributed by atoms with van der Waals surface area (Å²) in [7, 11) is 0. The van der Waals surface area contributed by atoms with Crippen molar-refractivity contribution in [1.82, 2.24) is 4.57 Å². The molecular weight excluding hydrogens is 386 g/mol. The van der Waals surface area contributed by atoms with E-state index in [1.807, 2.05) is 80.6 Å². The summed E-state index contributed by atoms with van der Waals surface area (Å²) in [6.45, 7) is 3.93.